The Labute approximate surface area is 95.7 Å². The van der Waals surface area contributed by atoms with Crippen molar-refractivity contribution >= 4 is 6.21 Å². The highest BCUT2D eigenvalue weighted by Gasteiger charge is 2.11. The lowest BCUT2D eigenvalue weighted by Crippen LogP contribution is -2.04. The summed E-state index contributed by atoms with van der Waals surface area (Å²) in [6.07, 6.45) is 9.03. The maximum atomic E-state index is 5.66. The molecule has 0 aromatic heterocycles. The molecule has 2 rings (SSSR count). The quantitative estimate of drug-likeness (QED) is 0.654. The summed E-state index contributed by atoms with van der Waals surface area (Å²) in [5, 5.41) is 0. The fourth-order valence-corrected chi connectivity index (χ4v) is 1.54. The summed E-state index contributed by atoms with van der Waals surface area (Å²) in [5.41, 5.74) is 2.89. The molecule has 80 valence electrons. The molecule has 0 spiro atoms. The van der Waals surface area contributed by atoms with Gasteiger partial charge in [0.2, 0.25) is 0 Å². The molecule has 1 aliphatic heterocycles. The van der Waals surface area contributed by atoms with Gasteiger partial charge in [0.05, 0.1) is 6.61 Å². The molecule has 1 heterocycles. The number of aliphatic imine (C=N–C) groups is 1. The summed E-state index contributed by atoms with van der Waals surface area (Å²) in [5.74, 6) is 2.62. The van der Waals surface area contributed by atoms with Gasteiger partial charge in [-0.1, -0.05) is 18.1 Å². The standard InChI is InChI=1S/C14H13NO/c1-3-12-5-4-6-13(9-12)14-10-15-11(2)7-8-16-14/h1,4-7,9-10,14H,8H2,2H3. The summed E-state index contributed by atoms with van der Waals surface area (Å²) < 4.78 is 5.66. The second-order valence-corrected chi connectivity index (χ2v) is 3.65. The van der Waals surface area contributed by atoms with Crippen molar-refractivity contribution < 1.29 is 4.74 Å². The van der Waals surface area contributed by atoms with Gasteiger partial charge in [0.25, 0.3) is 0 Å². The number of ether oxygens (including phenoxy) is 1. The van der Waals surface area contributed by atoms with Gasteiger partial charge in [0, 0.05) is 17.5 Å². The average Bonchev–Trinajstić information content (AvgIpc) is 2.54. The maximum absolute atomic E-state index is 5.66. The number of allylic oxidation sites excluding steroid dienone is 1. The van der Waals surface area contributed by atoms with Crippen LogP contribution in [-0.2, 0) is 4.74 Å². The Hall–Kier alpha value is -1.85. The molecule has 1 aliphatic rings. The molecule has 0 saturated heterocycles. The van der Waals surface area contributed by atoms with Crippen LogP contribution >= 0.6 is 0 Å². The number of benzene rings is 1. The molecule has 1 atom stereocenters. The normalized spacial score (nSPS) is 19.8. The third kappa shape index (κ3) is 2.39. The molecule has 0 N–H and O–H groups in total. The van der Waals surface area contributed by atoms with Crippen LogP contribution in [0.15, 0.2) is 41.0 Å². The first-order valence-corrected chi connectivity index (χ1v) is 5.19. The zero-order chi connectivity index (χ0) is 11.4. The predicted molar refractivity (Wildman–Crippen MR) is 65.3 cm³/mol. The summed E-state index contributed by atoms with van der Waals surface area (Å²) in [4.78, 5) is 4.30. The molecule has 1 unspecified atom stereocenters. The Kier molecular flexibility index (Phi) is 3.19. The Bertz CT molecular complexity index is 480. The van der Waals surface area contributed by atoms with Crippen LogP contribution in [0.5, 0.6) is 0 Å². The first kappa shape index (κ1) is 10.7. The lowest BCUT2D eigenvalue weighted by molar-refractivity contribution is 0.128. The monoisotopic (exact) mass is 211 g/mol. The fraction of sp³-hybridized carbons (Fsp3) is 0.214. The Morgan fingerprint density at radius 2 is 2.38 bits per heavy atom. The van der Waals surface area contributed by atoms with E-state index >= 15 is 0 Å². The van der Waals surface area contributed by atoms with Gasteiger partial charge in [-0.05, 0) is 30.7 Å². The van der Waals surface area contributed by atoms with E-state index in [1.54, 1.807) is 0 Å². The summed E-state index contributed by atoms with van der Waals surface area (Å²) in [6, 6.07) is 7.79. The van der Waals surface area contributed by atoms with Crippen LogP contribution < -0.4 is 0 Å². The van der Waals surface area contributed by atoms with Crippen molar-refractivity contribution in [3.8, 4) is 12.3 Å². The average molecular weight is 211 g/mol. The third-order valence-electron chi connectivity index (χ3n) is 2.45. The van der Waals surface area contributed by atoms with Crippen molar-refractivity contribution in [1.29, 1.82) is 0 Å². The number of terminal acetylenes is 1. The van der Waals surface area contributed by atoms with Gasteiger partial charge in [0.1, 0.15) is 6.10 Å². The van der Waals surface area contributed by atoms with E-state index in [0.29, 0.717) is 6.61 Å². The van der Waals surface area contributed by atoms with Gasteiger partial charge < -0.3 is 4.74 Å². The van der Waals surface area contributed by atoms with Crippen molar-refractivity contribution in [2.45, 2.75) is 13.0 Å². The van der Waals surface area contributed by atoms with Crippen molar-refractivity contribution in [2.24, 2.45) is 4.99 Å². The summed E-state index contributed by atoms with van der Waals surface area (Å²) in [7, 11) is 0. The van der Waals surface area contributed by atoms with E-state index in [9.17, 15) is 0 Å². The van der Waals surface area contributed by atoms with Crippen molar-refractivity contribution in [3.63, 3.8) is 0 Å². The molecule has 0 radical (unpaired) electrons. The molecule has 0 bridgehead atoms. The fourth-order valence-electron chi connectivity index (χ4n) is 1.54. The van der Waals surface area contributed by atoms with E-state index < -0.39 is 0 Å². The highest BCUT2D eigenvalue weighted by Crippen LogP contribution is 2.19. The number of hydrogen-bond donors (Lipinski definition) is 0. The maximum Gasteiger partial charge on any atom is 0.118 e. The van der Waals surface area contributed by atoms with Crippen LogP contribution in [0.25, 0.3) is 0 Å². The van der Waals surface area contributed by atoms with Crippen LogP contribution in [0.1, 0.15) is 24.2 Å². The van der Waals surface area contributed by atoms with E-state index in [2.05, 4.69) is 10.9 Å². The van der Waals surface area contributed by atoms with Gasteiger partial charge in [-0.3, -0.25) is 4.99 Å². The number of hydrogen-bond acceptors (Lipinski definition) is 2. The zero-order valence-corrected chi connectivity index (χ0v) is 9.18. The Balaban J connectivity index is 2.25. The molecule has 1 aromatic carbocycles. The van der Waals surface area contributed by atoms with Gasteiger partial charge in [-0.25, -0.2) is 0 Å². The summed E-state index contributed by atoms with van der Waals surface area (Å²) in [6.45, 7) is 2.54. The lowest BCUT2D eigenvalue weighted by Gasteiger charge is -2.11. The minimum absolute atomic E-state index is 0.109. The Morgan fingerprint density at radius 3 is 3.19 bits per heavy atom. The van der Waals surface area contributed by atoms with Crippen LogP contribution in [-0.4, -0.2) is 12.8 Å². The zero-order valence-electron chi connectivity index (χ0n) is 9.18. The molecular formula is C14H13NO. The highest BCUT2D eigenvalue weighted by atomic mass is 16.5. The van der Waals surface area contributed by atoms with Gasteiger partial charge in [-0.15, -0.1) is 6.42 Å². The molecular weight excluding hydrogens is 198 g/mol. The van der Waals surface area contributed by atoms with Crippen molar-refractivity contribution in [2.75, 3.05) is 6.61 Å². The molecule has 0 fully saturated rings. The molecule has 0 saturated carbocycles. The minimum Gasteiger partial charge on any atom is -0.364 e. The van der Waals surface area contributed by atoms with Crippen LogP contribution in [0.3, 0.4) is 0 Å². The van der Waals surface area contributed by atoms with Crippen molar-refractivity contribution in [3.05, 3.63) is 47.2 Å². The minimum atomic E-state index is -0.109. The second kappa shape index (κ2) is 4.78. The first-order valence-electron chi connectivity index (χ1n) is 5.19. The summed E-state index contributed by atoms with van der Waals surface area (Å²) >= 11 is 0. The third-order valence-corrected chi connectivity index (χ3v) is 2.45. The molecule has 1 aromatic rings. The van der Waals surface area contributed by atoms with Crippen LogP contribution in [0.4, 0.5) is 0 Å². The number of rotatable bonds is 1. The van der Waals surface area contributed by atoms with Crippen molar-refractivity contribution in [1.82, 2.24) is 0 Å². The van der Waals surface area contributed by atoms with Gasteiger partial charge >= 0.3 is 0 Å². The largest absolute Gasteiger partial charge is 0.364 e. The number of nitrogens with zero attached hydrogens (tertiary/aromatic N) is 1. The van der Waals surface area contributed by atoms with Crippen LogP contribution in [0, 0.1) is 12.3 Å². The van der Waals surface area contributed by atoms with E-state index in [1.807, 2.05) is 43.5 Å². The second-order valence-electron chi connectivity index (χ2n) is 3.65. The lowest BCUT2D eigenvalue weighted by atomic mass is 10.1. The van der Waals surface area contributed by atoms with E-state index in [1.165, 1.54) is 0 Å². The molecule has 0 aliphatic carbocycles. The van der Waals surface area contributed by atoms with E-state index in [4.69, 9.17) is 11.2 Å². The van der Waals surface area contributed by atoms with Gasteiger partial charge in [0.15, 0.2) is 0 Å². The topological polar surface area (TPSA) is 21.6 Å². The smallest absolute Gasteiger partial charge is 0.118 e. The van der Waals surface area contributed by atoms with Crippen LogP contribution in [0.2, 0.25) is 0 Å². The predicted octanol–water partition coefficient (Wildman–Crippen LogP) is 2.71. The Morgan fingerprint density at radius 1 is 1.50 bits per heavy atom. The van der Waals surface area contributed by atoms with E-state index in [0.717, 1.165) is 16.8 Å². The molecule has 16 heavy (non-hydrogen) atoms. The highest BCUT2D eigenvalue weighted by molar-refractivity contribution is 5.68. The molecule has 2 nitrogen and oxygen atoms in total. The first-order chi connectivity index (χ1) is 7.79. The molecule has 0 amide bonds. The van der Waals surface area contributed by atoms with E-state index in [-0.39, 0.29) is 6.10 Å². The molecule has 2 heteroatoms. The van der Waals surface area contributed by atoms with Gasteiger partial charge in [-0.2, -0.15) is 0 Å². The SMILES string of the molecule is C#Cc1cccc(C2C=NC(C)=CCO2)c1.